The molecule has 2 aromatic carbocycles. The molecule has 5 nitrogen and oxygen atoms in total. The van der Waals surface area contributed by atoms with E-state index < -0.39 is 0 Å². The summed E-state index contributed by atoms with van der Waals surface area (Å²) in [7, 11) is 1.62. The number of ether oxygens (including phenoxy) is 3. The Morgan fingerprint density at radius 1 is 0.903 bits per heavy atom. The van der Waals surface area contributed by atoms with E-state index in [2.05, 4.69) is 48.9 Å². The molecule has 1 amide bonds. The van der Waals surface area contributed by atoms with Gasteiger partial charge in [-0.05, 0) is 76.5 Å². The van der Waals surface area contributed by atoms with Crippen molar-refractivity contribution in [1.82, 2.24) is 5.32 Å². The van der Waals surface area contributed by atoms with Crippen LogP contribution < -0.4 is 19.5 Å². The van der Waals surface area contributed by atoms with E-state index in [9.17, 15) is 4.79 Å². The monoisotopic (exact) mass is 491 g/mol. The average Bonchev–Trinajstić information content (AvgIpc) is 2.73. The Balaban J connectivity index is 1.93. The van der Waals surface area contributed by atoms with Gasteiger partial charge in [-0.15, -0.1) is 0 Å². The predicted molar refractivity (Wildman–Crippen MR) is 128 cm³/mol. The number of carbonyl (C=O) groups is 1. The summed E-state index contributed by atoms with van der Waals surface area (Å²) in [6.07, 6.45) is 1.97. The molecule has 0 radical (unpaired) electrons. The molecule has 0 fully saturated rings. The van der Waals surface area contributed by atoms with Gasteiger partial charge in [-0.3, -0.25) is 4.79 Å². The molecule has 0 aromatic heterocycles. The molecular formula is C25H34BrNO4. The maximum absolute atomic E-state index is 12.6. The zero-order chi connectivity index (χ0) is 22.8. The second-order valence-corrected chi connectivity index (χ2v) is 9.23. The molecule has 1 N–H and O–H groups in total. The summed E-state index contributed by atoms with van der Waals surface area (Å²) in [4.78, 5) is 12.6. The van der Waals surface area contributed by atoms with Gasteiger partial charge in [0.1, 0.15) is 5.75 Å². The van der Waals surface area contributed by atoms with E-state index in [0.29, 0.717) is 42.9 Å². The second kappa shape index (κ2) is 12.6. The van der Waals surface area contributed by atoms with Crippen LogP contribution in [0.1, 0.15) is 56.5 Å². The summed E-state index contributed by atoms with van der Waals surface area (Å²) in [6.45, 7) is 10.4. The summed E-state index contributed by atoms with van der Waals surface area (Å²) < 4.78 is 17.8. The van der Waals surface area contributed by atoms with E-state index in [1.165, 1.54) is 0 Å². The zero-order valence-corrected chi connectivity index (χ0v) is 20.8. The van der Waals surface area contributed by atoms with Gasteiger partial charge in [0.05, 0.1) is 24.8 Å². The van der Waals surface area contributed by atoms with Crippen molar-refractivity contribution in [2.75, 3.05) is 20.3 Å². The largest absolute Gasteiger partial charge is 0.493 e. The van der Waals surface area contributed by atoms with E-state index in [1.807, 2.05) is 24.3 Å². The standard InChI is InChI=1S/C25H34BrNO4/c1-17(2)10-12-30-22-9-7-20(15-21(22)26)25(28)27-16-19-6-8-23(24(14-19)29-5)31-13-11-18(3)4/h6-9,14-15,17-18H,10-13,16H2,1-5H3,(H,27,28). The highest BCUT2D eigenvalue weighted by molar-refractivity contribution is 9.10. The number of benzene rings is 2. The third-order valence-corrected chi connectivity index (χ3v) is 5.40. The lowest BCUT2D eigenvalue weighted by molar-refractivity contribution is 0.0950. The van der Waals surface area contributed by atoms with Crippen LogP contribution in [0.15, 0.2) is 40.9 Å². The molecule has 0 heterocycles. The quantitative estimate of drug-likeness (QED) is 0.381. The van der Waals surface area contributed by atoms with E-state index in [1.54, 1.807) is 19.2 Å². The molecule has 0 unspecified atom stereocenters. The fourth-order valence-corrected chi connectivity index (χ4v) is 3.29. The van der Waals surface area contributed by atoms with Crippen molar-refractivity contribution in [2.45, 2.75) is 47.1 Å². The van der Waals surface area contributed by atoms with Gasteiger partial charge in [-0.25, -0.2) is 0 Å². The SMILES string of the molecule is COc1cc(CNC(=O)c2ccc(OCCC(C)C)c(Br)c2)ccc1OCCC(C)C. The molecule has 0 atom stereocenters. The molecule has 0 aliphatic rings. The van der Waals surface area contributed by atoms with Gasteiger partial charge < -0.3 is 19.5 Å². The minimum absolute atomic E-state index is 0.148. The normalized spacial score (nSPS) is 11.0. The smallest absolute Gasteiger partial charge is 0.251 e. The molecule has 31 heavy (non-hydrogen) atoms. The maximum atomic E-state index is 12.6. The summed E-state index contributed by atoms with van der Waals surface area (Å²) in [5.41, 5.74) is 1.51. The number of hydrogen-bond donors (Lipinski definition) is 1. The number of rotatable bonds is 12. The number of halogens is 1. The molecule has 2 aromatic rings. The Morgan fingerprint density at radius 2 is 1.52 bits per heavy atom. The van der Waals surface area contributed by atoms with E-state index in [4.69, 9.17) is 14.2 Å². The first-order valence-electron chi connectivity index (χ1n) is 10.8. The first kappa shape index (κ1) is 25.1. The number of hydrogen-bond acceptors (Lipinski definition) is 4. The van der Waals surface area contributed by atoms with Crippen LogP contribution in [-0.2, 0) is 6.54 Å². The Labute approximate surface area is 194 Å². The van der Waals surface area contributed by atoms with Crippen LogP contribution in [0.4, 0.5) is 0 Å². The Hall–Kier alpha value is -2.21. The molecular weight excluding hydrogens is 458 g/mol. The highest BCUT2D eigenvalue weighted by atomic mass is 79.9. The van der Waals surface area contributed by atoms with E-state index in [-0.39, 0.29) is 5.91 Å². The van der Waals surface area contributed by atoms with Crippen LogP contribution >= 0.6 is 15.9 Å². The van der Waals surface area contributed by atoms with Crippen molar-refractivity contribution in [2.24, 2.45) is 11.8 Å². The van der Waals surface area contributed by atoms with Crippen molar-refractivity contribution in [3.63, 3.8) is 0 Å². The first-order chi connectivity index (χ1) is 14.8. The van der Waals surface area contributed by atoms with Crippen LogP contribution in [0.25, 0.3) is 0 Å². The van der Waals surface area contributed by atoms with Crippen LogP contribution in [-0.4, -0.2) is 26.2 Å². The van der Waals surface area contributed by atoms with E-state index in [0.717, 1.165) is 34.4 Å². The minimum Gasteiger partial charge on any atom is -0.493 e. The lowest BCUT2D eigenvalue weighted by atomic mass is 10.1. The van der Waals surface area contributed by atoms with Crippen molar-refractivity contribution in [3.05, 3.63) is 52.0 Å². The highest BCUT2D eigenvalue weighted by Gasteiger charge is 2.11. The topological polar surface area (TPSA) is 56.8 Å². The Morgan fingerprint density at radius 3 is 2.10 bits per heavy atom. The molecule has 0 spiro atoms. The summed E-state index contributed by atoms with van der Waals surface area (Å²) in [5.74, 6) is 3.15. The molecule has 170 valence electrons. The van der Waals surface area contributed by atoms with Gasteiger partial charge in [0, 0.05) is 12.1 Å². The molecule has 6 heteroatoms. The number of carbonyl (C=O) groups excluding carboxylic acids is 1. The van der Waals surface area contributed by atoms with Gasteiger partial charge in [0.25, 0.3) is 5.91 Å². The van der Waals surface area contributed by atoms with Gasteiger partial charge in [-0.2, -0.15) is 0 Å². The fraction of sp³-hybridized carbons (Fsp3) is 0.480. The van der Waals surface area contributed by atoms with Gasteiger partial charge in [-0.1, -0.05) is 33.8 Å². The molecule has 0 bridgehead atoms. The number of amides is 1. The minimum atomic E-state index is -0.148. The molecule has 0 aliphatic carbocycles. The van der Waals surface area contributed by atoms with Crippen molar-refractivity contribution in [3.8, 4) is 17.2 Å². The first-order valence-corrected chi connectivity index (χ1v) is 11.6. The lowest BCUT2D eigenvalue weighted by Crippen LogP contribution is -2.22. The third-order valence-electron chi connectivity index (χ3n) is 4.78. The van der Waals surface area contributed by atoms with Gasteiger partial charge in [0.2, 0.25) is 0 Å². The van der Waals surface area contributed by atoms with Crippen LogP contribution in [0.2, 0.25) is 0 Å². The number of nitrogens with one attached hydrogen (secondary N) is 1. The summed E-state index contributed by atoms with van der Waals surface area (Å²) in [6, 6.07) is 11.1. The van der Waals surface area contributed by atoms with Gasteiger partial charge >= 0.3 is 0 Å². The Bertz CT molecular complexity index is 851. The van der Waals surface area contributed by atoms with E-state index >= 15 is 0 Å². The zero-order valence-electron chi connectivity index (χ0n) is 19.2. The van der Waals surface area contributed by atoms with Crippen molar-refractivity contribution >= 4 is 21.8 Å². The van der Waals surface area contributed by atoms with Crippen molar-refractivity contribution in [1.29, 1.82) is 0 Å². The highest BCUT2D eigenvalue weighted by Crippen LogP contribution is 2.29. The summed E-state index contributed by atoms with van der Waals surface area (Å²) >= 11 is 3.50. The Kier molecular flexibility index (Phi) is 10.2. The number of methoxy groups -OCH3 is 1. The van der Waals surface area contributed by atoms with Crippen LogP contribution in [0.3, 0.4) is 0 Å². The third kappa shape index (κ3) is 8.44. The predicted octanol–water partition coefficient (Wildman–Crippen LogP) is 6.24. The second-order valence-electron chi connectivity index (χ2n) is 8.38. The van der Waals surface area contributed by atoms with Crippen molar-refractivity contribution < 1.29 is 19.0 Å². The van der Waals surface area contributed by atoms with Crippen LogP contribution in [0, 0.1) is 11.8 Å². The lowest BCUT2D eigenvalue weighted by Gasteiger charge is -2.14. The maximum Gasteiger partial charge on any atom is 0.251 e. The molecule has 0 saturated carbocycles. The molecule has 0 aliphatic heterocycles. The summed E-state index contributed by atoms with van der Waals surface area (Å²) in [5, 5.41) is 2.95. The average molecular weight is 492 g/mol. The molecule has 0 saturated heterocycles. The van der Waals surface area contributed by atoms with Gasteiger partial charge in [0.15, 0.2) is 11.5 Å². The fourth-order valence-electron chi connectivity index (χ4n) is 2.79. The molecule has 2 rings (SSSR count). The van der Waals surface area contributed by atoms with Crippen LogP contribution in [0.5, 0.6) is 17.2 Å².